The van der Waals surface area contributed by atoms with Crippen molar-refractivity contribution in [3.8, 4) is 5.75 Å². The summed E-state index contributed by atoms with van der Waals surface area (Å²) in [5, 5.41) is 3.02. The maximum absolute atomic E-state index is 11.4. The fraction of sp³-hybridized carbons (Fsp3) is 0.375. The Kier molecular flexibility index (Phi) is 5.64. The van der Waals surface area contributed by atoms with Crippen LogP contribution in [0.2, 0.25) is 0 Å². The molecule has 0 unspecified atom stereocenters. The normalized spacial score (nSPS) is 10.7. The van der Waals surface area contributed by atoms with E-state index in [1.807, 2.05) is 27.2 Å². The van der Waals surface area contributed by atoms with Gasteiger partial charge in [-0.1, -0.05) is 0 Å². The molecular weight excluding hydrogens is 308 g/mol. The Morgan fingerprint density at radius 3 is 2.67 bits per heavy atom. The van der Waals surface area contributed by atoms with Crippen molar-refractivity contribution in [2.24, 2.45) is 0 Å². The Morgan fingerprint density at radius 1 is 1.29 bits per heavy atom. The summed E-state index contributed by atoms with van der Waals surface area (Å²) in [6, 6.07) is 4.99. The molecule has 0 saturated heterocycles. The van der Waals surface area contributed by atoms with Crippen LogP contribution < -0.4 is 26.2 Å². The number of H-pyrrole nitrogens is 1. The second kappa shape index (κ2) is 7.69. The first-order valence-electron chi connectivity index (χ1n) is 7.56. The highest BCUT2D eigenvalue weighted by Gasteiger charge is 2.13. The zero-order valence-corrected chi connectivity index (χ0v) is 14.5. The van der Waals surface area contributed by atoms with Crippen LogP contribution in [0, 0.1) is 0 Å². The number of ether oxygens (including phenoxy) is 1. The number of hydrogen-bond acceptors (Lipinski definition) is 7. The lowest BCUT2D eigenvalue weighted by atomic mass is 10.2. The summed E-state index contributed by atoms with van der Waals surface area (Å²) in [6.07, 6.45) is 1.43. The van der Waals surface area contributed by atoms with Gasteiger partial charge in [-0.25, -0.2) is 4.98 Å². The third-order valence-corrected chi connectivity index (χ3v) is 3.57. The Labute approximate surface area is 141 Å². The van der Waals surface area contributed by atoms with Gasteiger partial charge >= 0.3 is 0 Å². The van der Waals surface area contributed by atoms with Crippen LogP contribution in [0.1, 0.15) is 0 Å². The van der Waals surface area contributed by atoms with Crippen molar-refractivity contribution in [2.45, 2.75) is 0 Å². The molecule has 1 aromatic carbocycles. The summed E-state index contributed by atoms with van der Waals surface area (Å²) < 4.78 is 5.44. The van der Waals surface area contributed by atoms with Gasteiger partial charge in [0.25, 0.3) is 5.56 Å². The second-order valence-electron chi connectivity index (χ2n) is 5.74. The summed E-state index contributed by atoms with van der Waals surface area (Å²) >= 11 is 0. The van der Waals surface area contributed by atoms with Crippen LogP contribution in [0.25, 0.3) is 0 Å². The lowest BCUT2D eigenvalue weighted by Crippen LogP contribution is -2.29. The van der Waals surface area contributed by atoms with Crippen LogP contribution in [0.5, 0.6) is 5.75 Å². The van der Waals surface area contributed by atoms with E-state index in [1.165, 1.54) is 12.3 Å². The highest BCUT2D eigenvalue weighted by Crippen LogP contribution is 2.35. The summed E-state index contributed by atoms with van der Waals surface area (Å²) in [7, 11) is 7.62. The molecule has 130 valence electrons. The summed E-state index contributed by atoms with van der Waals surface area (Å²) in [4.78, 5) is 22.2. The average Bonchev–Trinajstić information content (AvgIpc) is 2.53. The van der Waals surface area contributed by atoms with Crippen molar-refractivity contribution in [3.63, 3.8) is 0 Å². The molecule has 0 fully saturated rings. The van der Waals surface area contributed by atoms with E-state index in [0.29, 0.717) is 23.1 Å². The molecule has 2 rings (SSSR count). The highest BCUT2D eigenvalue weighted by atomic mass is 16.5. The van der Waals surface area contributed by atoms with Gasteiger partial charge in [-0.2, -0.15) is 0 Å². The molecule has 8 nitrogen and oxygen atoms in total. The Balaban J connectivity index is 2.27. The zero-order valence-electron chi connectivity index (χ0n) is 14.5. The van der Waals surface area contributed by atoms with Crippen LogP contribution in [-0.2, 0) is 0 Å². The number of aromatic amines is 1. The minimum Gasteiger partial charge on any atom is -0.494 e. The van der Waals surface area contributed by atoms with Gasteiger partial charge in [-0.15, -0.1) is 0 Å². The van der Waals surface area contributed by atoms with Gasteiger partial charge in [0.1, 0.15) is 5.75 Å². The van der Waals surface area contributed by atoms with Crippen molar-refractivity contribution in [1.82, 2.24) is 14.9 Å². The molecular formula is C16H24N6O2. The SMILES string of the molecule is COc1cc(N(C)CCN(C)C)c(N)cc1Nc1nccc(=O)[nH]1. The second-order valence-corrected chi connectivity index (χ2v) is 5.74. The molecule has 0 spiro atoms. The lowest BCUT2D eigenvalue weighted by Gasteiger charge is -2.24. The Morgan fingerprint density at radius 2 is 2.04 bits per heavy atom. The van der Waals surface area contributed by atoms with Gasteiger partial charge in [0.15, 0.2) is 0 Å². The van der Waals surface area contributed by atoms with E-state index in [4.69, 9.17) is 10.5 Å². The molecule has 1 heterocycles. The molecule has 1 aromatic heterocycles. The zero-order chi connectivity index (χ0) is 17.7. The first-order chi connectivity index (χ1) is 11.4. The molecule has 2 aromatic rings. The number of nitrogens with one attached hydrogen (secondary N) is 2. The van der Waals surface area contributed by atoms with Crippen LogP contribution in [0.3, 0.4) is 0 Å². The largest absolute Gasteiger partial charge is 0.494 e. The minimum absolute atomic E-state index is 0.237. The quantitative estimate of drug-likeness (QED) is 0.653. The number of rotatable bonds is 7. The molecule has 24 heavy (non-hydrogen) atoms. The number of hydrogen-bond donors (Lipinski definition) is 3. The van der Waals surface area contributed by atoms with Gasteiger partial charge in [0.2, 0.25) is 5.95 Å². The number of nitrogens with two attached hydrogens (primary N) is 1. The van der Waals surface area contributed by atoms with Crippen molar-refractivity contribution in [2.75, 3.05) is 57.3 Å². The fourth-order valence-electron chi connectivity index (χ4n) is 2.21. The molecule has 0 aliphatic carbocycles. The van der Waals surface area contributed by atoms with E-state index in [2.05, 4.69) is 25.1 Å². The van der Waals surface area contributed by atoms with Gasteiger partial charge in [0, 0.05) is 38.5 Å². The van der Waals surface area contributed by atoms with E-state index >= 15 is 0 Å². The van der Waals surface area contributed by atoms with Crippen molar-refractivity contribution in [1.29, 1.82) is 0 Å². The van der Waals surface area contributed by atoms with Crippen LogP contribution in [0.15, 0.2) is 29.2 Å². The molecule has 0 saturated carbocycles. The standard InChI is InChI=1S/C16H24N6O2/c1-21(2)7-8-22(3)13-10-14(24-4)12(9-11(13)17)19-16-18-6-5-15(23)20-16/h5-6,9-10H,7-8,17H2,1-4H3,(H2,18,19,20,23). The first-order valence-corrected chi connectivity index (χ1v) is 7.56. The van der Waals surface area contributed by atoms with Crippen LogP contribution in [0.4, 0.5) is 23.0 Å². The molecule has 0 bridgehead atoms. The Bertz CT molecular complexity index is 744. The van der Waals surface area contributed by atoms with Crippen molar-refractivity contribution in [3.05, 3.63) is 34.7 Å². The van der Waals surface area contributed by atoms with Gasteiger partial charge in [-0.3, -0.25) is 9.78 Å². The number of benzene rings is 1. The molecule has 8 heteroatoms. The molecule has 0 atom stereocenters. The van der Waals surface area contributed by atoms with E-state index in [9.17, 15) is 4.79 Å². The van der Waals surface area contributed by atoms with E-state index in [-0.39, 0.29) is 5.56 Å². The topological polar surface area (TPSA) is 99.5 Å². The molecule has 4 N–H and O–H groups in total. The van der Waals surface area contributed by atoms with Gasteiger partial charge < -0.3 is 25.6 Å². The van der Waals surface area contributed by atoms with E-state index in [1.54, 1.807) is 13.2 Å². The average molecular weight is 332 g/mol. The van der Waals surface area contributed by atoms with Crippen LogP contribution in [-0.4, -0.2) is 56.2 Å². The van der Waals surface area contributed by atoms with E-state index < -0.39 is 0 Å². The summed E-state index contributed by atoms with van der Waals surface area (Å²) in [6.45, 7) is 1.74. The Hall–Kier alpha value is -2.74. The number of anilines is 4. The smallest absolute Gasteiger partial charge is 0.252 e. The number of nitrogens with zero attached hydrogens (tertiary/aromatic N) is 3. The van der Waals surface area contributed by atoms with Gasteiger partial charge in [0.05, 0.1) is 24.2 Å². The van der Waals surface area contributed by atoms with E-state index in [0.717, 1.165) is 18.8 Å². The minimum atomic E-state index is -0.237. The third-order valence-electron chi connectivity index (χ3n) is 3.57. The monoisotopic (exact) mass is 332 g/mol. The molecule has 0 aliphatic heterocycles. The highest BCUT2D eigenvalue weighted by molar-refractivity contribution is 5.79. The number of nitrogen functional groups attached to an aromatic ring is 1. The third kappa shape index (κ3) is 4.39. The van der Waals surface area contributed by atoms with Gasteiger partial charge in [-0.05, 0) is 20.2 Å². The van der Waals surface area contributed by atoms with Crippen molar-refractivity contribution < 1.29 is 4.74 Å². The molecule has 0 amide bonds. The maximum Gasteiger partial charge on any atom is 0.252 e. The number of methoxy groups -OCH3 is 1. The lowest BCUT2D eigenvalue weighted by molar-refractivity contribution is 0.413. The van der Waals surface area contributed by atoms with Crippen LogP contribution >= 0.6 is 0 Å². The predicted molar refractivity (Wildman–Crippen MR) is 97.4 cm³/mol. The number of likely N-dealkylation sites (N-methyl/N-ethyl adjacent to an activating group) is 2. The summed E-state index contributed by atoms with van der Waals surface area (Å²) in [5.74, 6) is 0.941. The first kappa shape index (κ1) is 17.6. The summed E-state index contributed by atoms with van der Waals surface area (Å²) in [5.41, 5.74) is 8.08. The molecule has 0 aliphatic rings. The predicted octanol–water partition coefficient (Wildman–Crippen LogP) is 1.10. The fourth-order valence-corrected chi connectivity index (χ4v) is 2.21. The molecule has 0 radical (unpaired) electrons. The van der Waals surface area contributed by atoms with Crippen molar-refractivity contribution >= 4 is 23.0 Å². The number of aromatic nitrogens is 2. The maximum atomic E-state index is 11.4.